The predicted octanol–water partition coefficient (Wildman–Crippen LogP) is 2.70. The molecule has 0 saturated carbocycles. The van der Waals surface area contributed by atoms with E-state index in [1.54, 1.807) is 25.6 Å². The van der Waals surface area contributed by atoms with Gasteiger partial charge in [-0.25, -0.2) is 0 Å². The van der Waals surface area contributed by atoms with Crippen LogP contribution in [-0.4, -0.2) is 39.8 Å². The quantitative estimate of drug-likeness (QED) is 0.666. The van der Waals surface area contributed by atoms with Crippen LogP contribution < -0.4 is 15.4 Å². The number of hydrogen-bond acceptors (Lipinski definition) is 5. The molecule has 1 heterocycles. The fourth-order valence-corrected chi connectivity index (χ4v) is 2.87. The molecule has 0 aliphatic carbocycles. The number of methoxy groups -OCH3 is 2. The minimum absolute atomic E-state index is 0. The summed E-state index contributed by atoms with van der Waals surface area (Å²) in [6.45, 7) is 2.12. The second-order valence-corrected chi connectivity index (χ2v) is 5.97. The van der Waals surface area contributed by atoms with Crippen LogP contribution in [-0.2, 0) is 16.1 Å². The number of benzene rings is 1. The summed E-state index contributed by atoms with van der Waals surface area (Å²) in [5.74, 6) is 0.831. The molecule has 24 heavy (non-hydrogen) atoms. The van der Waals surface area contributed by atoms with Crippen LogP contribution in [0, 0.1) is 0 Å². The summed E-state index contributed by atoms with van der Waals surface area (Å²) in [6, 6.07) is 10.1. The number of thiophene rings is 1. The van der Waals surface area contributed by atoms with Crippen molar-refractivity contribution in [3.05, 3.63) is 40.6 Å². The van der Waals surface area contributed by atoms with E-state index >= 15 is 0 Å². The molecule has 2 aromatic rings. The summed E-state index contributed by atoms with van der Waals surface area (Å²) >= 11 is 1.64. The first kappa shape index (κ1) is 20.4. The summed E-state index contributed by atoms with van der Waals surface area (Å²) in [7, 11) is 3.30. The van der Waals surface area contributed by atoms with E-state index in [9.17, 15) is 4.79 Å². The van der Waals surface area contributed by atoms with Crippen molar-refractivity contribution < 1.29 is 14.3 Å². The smallest absolute Gasteiger partial charge is 0.234 e. The van der Waals surface area contributed by atoms with Gasteiger partial charge in [0, 0.05) is 18.5 Å². The second-order valence-electron chi connectivity index (χ2n) is 4.98. The fourth-order valence-electron chi connectivity index (χ4n) is 2.03. The second kappa shape index (κ2) is 11.0. The van der Waals surface area contributed by atoms with E-state index in [0.717, 1.165) is 21.8 Å². The summed E-state index contributed by atoms with van der Waals surface area (Å²) in [5, 5.41) is 8.02. The van der Waals surface area contributed by atoms with Crippen molar-refractivity contribution in [2.24, 2.45) is 0 Å². The van der Waals surface area contributed by atoms with Crippen LogP contribution in [0.25, 0.3) is 11.1 Å². The number of halogens is 1. The Bertz CT molecular complexity index is 617. The van der Waals surface area contributed by atoms with E-state index in [2.05, 4.69) is 22.1 Å². The zero-order valence-corrected chi connectivity index (χ0v) is 15.5. The number of ether oxygens (including phenoxy) is 2. The van der Waals surface area contributed by atoms with Crippen LogP contribution in [0.15, 0.2) is 35.7 Å². The molecule has 0 saturated heterocycles. The van der Waals surface area contributed by atoms with Gasteiger partial charge in [-0.15, -0.1) is 23.7 Å². The summed E-state index contributed by atoms with van der Waals surface area (Å²) in [5.41, 5.74) is 2.29. The zero-order chi connectivity index (χ0) is 16.5. The number of nitrogens with one attached hydrogen (secondary N) is 2. The number of rotatable bonds is 9. The third kappa shape index (κ3) is 6.49. The third-order valence-corrected chi connectivity index (χ3v) is 4.24. The van der Waals surface area contributed by atoms with Gasteiger partial charge in [-0.3, -0.25) is 4.79 Å². The highest BCUT2D eigenvalue weighted by atomic mass is 35.5. The standard InChI is InChI=1S/C17H22N2O3S.ClH/c1-21-8-7-18-11-17(20)19-10-16-9-14(12-23-16)13-3-5-15(22-2)6-4-13;/h3-6,9,12,18H,7-8,10-11H2,1-2H3,(H,19,20);1H. The van der Waals surface area contributed by atoms with Gasteiger partial charge in [0.25, 0.3) is 0 Å². The number of amides is 1. The highest BCUT2D eigenvalue weighted by molar-refractivity contribution is 7.10. The number of hydrogen-bond donors (Lipinski definition) is 2. The molecule has 0 fully saturated rings. The number of carbonyl (C=O) groups is 1. The van der Waals surface area contributed by atoms with Crippen molar-refractivity contribution in [3.8, 4) is 16.9 Å². The molecule has 0 unspecified atom stereocenters. The Kier molecular flexibility index (Phi) is 9.41. The van der Waals surface area contributed by atoms with E-state index in [4.69, 9.17) is 9.47 Å². The van der Waals surface area contributed by atoms with Crippen LogP contribution in [0.1, 0.15) is 4.88 Å². The Labute approximate surface area is 152 Å². The maximum absolute atomic E-state index is 11.7. The fraction of sp³-hybridized carbons (Fsp3) is 0.353. The van der Waals surface area contributed by atoms with Gasteiger partial charge in [-0.05, 0) is 34.7 Å². The average Bonchev–Trinajstić information content (AvgIpc) is 3.06. The van der Waals surface area contributed by atoms with Crippen LogP contribution in [0.3, 0.4) is 0 Å². The van der Waals surface area contributed by atoms with Gasteiger partial charge in [-0.2, -0.15) is 0 Å². The molecule has 0 aliphatic heterocycles. The molecule has 0 bridgehead atoms. The van der Waals surface area contributed by atoms with E-state index in [0.29, 0.717) is 26.2 Å². The Balaban J connectivity index is 0.00000288. The van der Waals surface area contributed by atoms with E-state index in [1.165, 1.54) is 0 Å². The van der Waals surface area contributed by atoms with Crippen LogP contribution in [0.4, 0.5) is 0 Å². The lowest BCUT2D eigenvalue weighted by atomic mass is 10.1. The van der Waals surface area contributed by atoms with Gasteiger partial charge in [0.2, 0.25) is 5.91 Å². The van der Waals surface area contributed by atoms with E-state index < -0.39 is 0 Å². The zero-order valence-electron chi connectivity index (χ0n) is 13.8. The monoisotopic (exact) mass is 370 g/mol. The molecular formula is C17H23ClN2O3S. The van der Waals surface area contributed by atoms with Crippen molar-refractivity contribution in [2.45, 2.75) is 6.54 Å². The van der Waals surface area contributed by atoms with E-state index in [-0.39, 0.29) is 18.3 Å². The highest BCUT2D eigenvalue weighted by Crippen LogP contribution is 2.27. The third-order valence-electron chi connectivity index (χ3n) is 3.31. The van der Waals surface area contributed by atoms with Crippen molar-refractivity contribution in [1.82, 2.24) is 10.6 Å². The minimum atomic E-state index is -0.0134. The van der Waals surface area contributed by atoms with Crippen molar-refractivity contribution in [1.29, 1.82) is 0 Å². The summed E-state index contributed by atoms with van der Waals surface area (Å²) in [4.78, 5) is 12.8. The molecule has 2 N–H and O–H groups in total. The molecule has 1 amide bonds. The highest BCUT2D eigenvalue weighted by Gasteiger charge is 2.05. The van der Waals surface area contributed by atoms with Gasteiger partial charge in [0.1, 0.15) is 5.75 Å². The molecule has 0 radical (unpaired) electrons. The van der Waals surface area contributed by atoms with Gasteiger partial charge < -0.3 is 20.1 Å². The molecule has 132 valence electrons. The lowest BCUT2D eigenvalue weighted by Crippen LogP contribution is -2.34. The lowest BCUT2D eigenvalue weighted by Gasteiger charge is -2.05. The van der Waals surface area contributed by atoms with Crippen LogP contribution in [0.5, 0.6) is 5.75 Å². The molecule has 0 atom stereocenters. The van der Waals surface area contributed by atoms with Gasteiger partial charge >= 0.3 is 0 Å². The molecule has 7 heteroatoms. The largest absolute Gasteiger partial charge is 0.497 e. The SMILES string of the molecule is COCCNCC(=O)NCc1cc(-c2ccc(OC)cc2)cs1.Cl. The molecular weight excluding hydrogens is 348 g/mol. The van der Waals surface area contributed by atoms with Crippen molar-refractivity contribution in [2.75, 3.05) is 33.9 Å². The van der Waals surface area contributed by atoms with Gasteiger partial charge in [0.05, 0.1) is 26.8 Å². The van der Waals surface area contributed by atoms with E-state index in [1.807, 2.05) is 24.3 Å². The molecule has 1 aromatic carbocycles. The maximum atomic E-state index is 11.7. The Morgan fingerprint density at radius 3 is 2.58 bits per heavy atom. The summed E-state index contributed by atoms with van der Waals surface area (Å²) < 4.78 is 10.1. The number of carbonyl (C=O) groups excluding carboxylic acids is 1. The minimum Gasteiger partial charge on any atom is -0.497 e. The predicted molar refractivity (Wildman–Crippen MR) is 100 cm³/mol. The lowest BCUT2D eigenvalue weighted by molar-refractivity contribution is -0.120. The molecule has 5 nitrogen and oxygen atoms in total. The van der Waals surface area contributed by atoms with Crippen LogP contribution in [0.2, 0.25) is 0 Å². The normalized spacial score (nSPS) is 10.1. The Morgan fingerprint density at radius 2 is 1.92 bits per heavy atom. The Hall–Kier alpha value is -1.60. The first-order chi connectivity index (χ1) is 11.2. The van der Waals surface area contributed by atoms with Crippen LogP contribution >= 0.6 is 23.7 Å². The maximum Gasteiger partial charge on any atom is 0.234 e. The van der Waals surface area contributed by atoms with Gasteiger partial charge in [-0.1, -0.05) is 12.1 Å². The molecule has 0 aliphatic rings. The molecule has 0 spiro atoms. The van der Waals surface area contributed by atoms with Crippen molar-refractivity contribution in [3.63, 3.8) is 0 Å². The Morgan fingerprint density at radius 1 is 1.17 bits per heavy atom. The first-order valence-corrected chi connectivity index (χ1v) is 8.29. The summed E-state index contributed by atoms with van der Waals surface area (Å²) in [6.07, 6.45) is 0. The topological polar surface area (TPSA) is 59.6 Å². The van der Waals surface area contributed by atoms with Gasteiger partial charge in [0.15, 0.2) is 0 Å². The molecule has 2 rings (SSSR count). The van der Waals surface area contributed by atoms with Crippen molar-refractivity contribution >= 4 is 29.7 Å². The average molecular weight is 371 g/mol. The first-order valence-electron chi connectivity index (χ1n) is 7.41. The molecule has 1 aromatic heterocycles.